The number of allylic oxidation sites excluding steroid dienone is 2. The number of hydrogen-bond acceptors (Lipinski definition) is 6. The Morgan fingerprint density at radius 2 is 1.35 bits per heavy atom. The lowest BCUT2D eigenvalue weighted by Crippen LogP contribution is -2.63. The van der Waals surface area contributed by atoms with Gasteiger partial charge in [0.2, 0.25) is 5.91 Å². The van der Waals surface area contributed by atoms with Crippen LogP contribution in [0.15, 0.2) is 12.2 Å². The number of nitrogens with one attached hydrogen (secondary N) is 1. The van der Waals surface area contributed by atoms with Crippen molar-refractivity contribution in [2.45, 2.75) is 127 Å². The lowest BCUT2D eigenvalue weighted by molar-refractivity contribution is -0.236. The maximum atomic E-state index is 12.1. The molecule has 31 heavy (non-hydrogen) atoms. The van der Waals surface area contributed by atoms with Crippen LogP contribution in [-0.2, 0) is 9.53 Å². The molecule has 0 aromatic heterocycles. The molecule has 5 N–H and O–H groups in total. The van der Waals surface area contributed by atoms with Crippen LogP contribution in [0.25, 0.3) is 0 Å². The van der Waals surface area contributed by atoms with Crippen LogP contribution in [0.2, 0.25) is 0 Å². The molecule has 0 spiro atoms. The molecule has 0 saturated carbocycles. The normalized spacial score (nSPS) is 26.4. The molecule has 182 valence electrons. The number of carbonyl (C=O) groups is 1. The standard InChI is InChI=1S/C24H45NO6/c1-2-3-4-5-6-7-8-9-10-11-12-13-14-15-16-17-20(27)25-24-23(30)22(29)21(28)19(18-26)31-24/h5-6,19,21-24,26,28-30H,2-4,7-18H2,1H3,(H,25,27)/t19?,21-,22+,23?,24-/m1/s1. The zero-order valence-electron chi connectivity index (χ0n) is 19.3. The predicted molar refractivity (Wildman–Crippen MR) is 121 cm³/mol. The van der Waals surface area contributed by atoms with Gasteiger partial charge in [-0.15, -0.1) is 0 Å². The first-order valence-electron chi connectivity index (χ1n) is 12.3. The van der Waals surface area contributed by atoms with Gasteiger partial charge in [0, 0.05) is 6.42 Å². The summed E-state index contributed by atoms with van der Waals surface area (Å²) < 4.78 is 5.28. The molecule has 5 atom stereocenters. The molecule has 0 radical (unpaired) electrons. The van der Waals surface area contributed by atoms with E-state index in [2.05, 4.69) is 24.4 Å². The largest absolute Gasteiger partial charge is 0.394 e. The quantitative estimate of drug-likeness (QED) is 0.174. The van der Waals surface area contributed by atoms with Gasteiger partial charge in [0.15, 0.2) is 6.23 Å². The maximum Gasteiger partial charge on any atom is 0.222 e. The van der Waals surface area contributed by atoms with Crippen molar-refractivity contribution in [2.24, 2.45) is 0 Å². The Morgan fingerprint density at radius 3 is 1.94 bits per heavy atom. The smallest absolute Gasteiger partial charge is 0.222 e. The molecule has 0 aromatic rings. The van der Waals surface area contributed by atoms with Crippen LogP contribution < -0.4 is 5.32 Å². The molecule has 1 aliphatic rings. The average molecular weight is 444 g/mol. The minimum absolute atomic E-state index is 0.270. The Bertz CT molecular complexity index is 485. The van der Waals surface area contributed by atoms with E-state index in [1.807, 2.05) is 0 Å². The fraction of sp³-hybridized carbons (Fsp3) is 0.875. The van der Waals surface area contributed by atoms with E-state index in [0.29, 0.717) is 6.42 Å². The molecule has 0 aromatic carbocycles. The summed E-state index contributed by atoms with van der Waals surface area (Å²) in [5.74, 6) is -0.270. The number of aliphatic hydroxyl groups is 4. The van der Waals surface area contributed by atoms with Gasteiger partial charge in [-0.2, -0.15) is 0 Å². The average Bonchev–Trinajstić information content (AvgIpc) is 2.76. The van der Waals surface area contributed by atoms with E-state index in [-0.39, 0.29) is 5.91 Å². The van der Waals surface area contributed by atoms with Crippen molar-refractivity contribution in [3.63, 3.8) is 0 Å². The molecular weight excluding hydrogens is 398 g/mol. The number of carbonyl (C=O) groups excluding carboxylic acids is 1. The third kappa shape index (κ3) is 12.0. The maximum absolute atomic E-state index is 12.1. The first kappa shape index (κ1) is 28.0. The molecule has 0 bridgehead atoms. The fourth-order valence-corrected chi connectivity index (χ4v) is 3.79. The van der Waals surface area contributed by atoms with Gasteiger partial charge in [0.05, 0.1) is 6.61 Å². The molecular formula is C24H45NO6. The molecule has 7 heteroatoms. The SMILES string of the molecule is CCCCC=CCCCCCCCCCCCC(=O)N[C@@H]1OC(CO)[C@@H](O)[C@H](O)C1O. The van der Waals surface area contributed by atoms with Gasteiger partial charge in [-0.25, -0.2) is 0 Å². The molecule has 1 heterocycles. The Hall–Kier alpha value is -0.990. The topological polar surface area (TPSA) is 119 Å². The van der Waals surface area contributed by atoms with E-state index in [4.69, 9.17) is 4.74 Å². The Kier molecular flexibility index (Phi) is 15.9. The molecule has 1 fully saturated rings. The Labute approximate surface area is 187 Å². The Morgan fingerprint density at radius 1 is 0.806 bits per heavy atom. The number of ether oxygens (including phenoxy) is 1. The monoisotopic (exact) mass is 443 g/mol. The second-order valence-corrected chi connectivity index (χ2v) is 8.65. The molecule has 1 saturated heterocycles. The highest BCUT2D eigenvalue weighted by Gasteiger charge is 2.43. The fourth-order valence-electron chi connectivity index (χ4n) is 3.79. The highest BCUT2D eigenvalue weighted by molar-refractivity contribution is 5.76. The van der Waals surface area contributed by atoms with Gasteiger partial charge in [-0.1, -0.05) is 76.9 Å². The summed E-state index contributed by atoms with van der Waals surface area (Å²) in [6, 6.07) is 0. The van der Waals surface area contributed by atoms with Crippen LogP contribution >= 0.6 is 0 Å². The van der Waals surface area contributed by atoms with Crippen LogP contribution in [0.3, 0.4) is 0 Å². The van der Waals surface area contributed by atoms with Crippen LogP contribution in [0.5, 0.6) is 0 Å². The molecule has 1 rings (SSSR count). The van der Waals surface area contributed by atoms with Crippen LogP contribution in [0.1, 0.15) is 96.8 Å². The summed E-state index contributed by atoms with van der Waals surface area (Å²) in [5.41, 5.74) is 0. The second-order valence-electron chi connectivity index (χ2n) is 8.65. The minimum Gasteiger partial charge on any atom is -0.394 e. The van der Waals surface area contributed by atoms with Crippen molar-refractivity contribution >= 4 is 5.91 Å². The van der Waals surface area contributed by atoms with Crippen LogP contribution in [-0.4, -0.2) is 63.6 Å². The number of unbranched alkanes of at least 4 members (excludes halogenated alkanes) is 11. The number of aliphatic hydroxyl groups excluding tert-OH is 4. The summed E-state index contributed by atoms with van der Waals surface area (Å²) in [5, 5.41) is 41.2. The summed E-state index contributed by atoms with van der Waals surface area (Å²) in [6.07, 6.45) is 13.9. The van der Waals surface area contributed by atoms with E-state index < -0.39 is 37.3 Å². The lowest BCUT2D eigenvalue weighted by Gasteiger charge is -2.40. The summed E-state index contributed by atoms with van der Waals surface area (Å²) in [6.45, 7) is 1.71. The number of rotatable bonds is 17. The van der Waals surface area contributed by atoms with Gasteiger partial charge < -0.3 is 30.5 Å². The molecule has 2 unspecified atom stereocenters. The van der Waals surface area contributed by atoms with Crippen molar-refractivity contribution < 1.29 is 30.0 Å². The van der Waals surface area contributed by atoms with Crippen LogP contribution in [0, 0.1) is 0 Å². The van der Waals surface area contributed by atoms with Crippen LogP contribution in [0.4, 0.5) is 0 Å². The zero-order valence-corrected chi connectivity index (χ0v) is 19.3. The van der Waals surface area contributed by atoms with E-state index in [0.717, 1.165) is 19.3 Å². The third-order valence-electron chi connectivity index (χ3n) is 5.86. The van der Waals surface area contributed by atoms with Gasteiger partial charge in [0.1, 0.15) is 24.4 Å². The number of amides is 1. The van der Waals surface area contributed by atoms with Gasteiger partial charge in [0.25, 0.3) is 0 Å². The number of hydrogen-bond donors (Lipinski definition) is 5. The van der Waals surface area contributed by atoms with Crippen molar-refractivity contribution in [3.05, 3.63) is 12.2 Å². The van der Waals surface area contributed by atoms with Gasteiger partial charge in [-0.05, 0) is 25.7 Å². The first-order valence-corrected chi connectivity index (χ1v) is 12.3. The van der Waals surface area contributed by atoms with Crippen molar-refractivity contribution in [2.75, 3.05) is 6.61 Å². The van der Waals surface area contributed by atoms with E-state index in [1.165, 1.54) is 64.2 Å². The first-order chi connectivity index (χ1) is 15.0. The van der Waals surface area contributed by atoms with Crippen molar-refractivity contribution in [1.82, 2.24) is 5.32 Å². The molecule has 1 aliphatic heterocycles. The molecule has 1 amide bonds. The molecule has 0 aliphatic carbocycles. The van der Waals surface area contributed by atoms with E-state index in [9.17, 15) is 25.2 Å². The predicted octanol–water partition coefficient (Wildman–Crippen LogP) is 2.94. The summed E-state index contributed by atoms with van der Waals surface area (Å²) in [4.78, 5) is 12.1. The van der Waals surface area contributed by atoms with Gasteiger partial charge >= 0.3 is 0 Å². The minimum atomic E-state index is -1.47. The zero-order chi connectivity index (χ0) is 22.9. The van der Waals surface area contributed by atoms with Gasteiger partial charge in [-0.3, -0.25) is 4.79 Å². The molecule has 7 nitrogen and oxygen atoms in total. The Balaban J connectivity index is 1.97. The van der Waals surface area contributed by atoms with Crippen molar-refractivity contribution in [1.29, 1.82) is 0 Å². The highest BCUT2D eigenvalue weighted by atomic mass is 16.6. The van der Waals surface area contributed by atoms with Crippen molar-refractivity contribution in [3.8, 4) is 0 Å². The highest BCUT2D eigenvalue weighted by Crippen LogP contribution is 2.20. The summed E-state index contributed by atoms with van der Waals surface area (Å²) >= 11 is 0. The van der Waals surface area contributed by atoms with E-state index >= 15 is 0 Å². The third-order valence-corrected chi connectivity index (χ3v) is 5.86. The summed E-state index contributed by atoms with van der Waals surface area (Å²) in [7, 11) is 0. The van der Waals surface area contributed by atoms with E-state index in [1.54, 1.807) is 0 Å². The second kappa shape index (κ2) is 17.6. The lowest BCUT2D eigenvalue weighted by atomic mass is 9.98.